The van der Waals surface area contributed by atoms with Crippen LogP contribution in [0.25, 0.3) is 0 Å². The van der Waals surface area contributed by atoms with Gasteiger partial charge in [0.1, 0.15) is 6.10 Å². The van der Waals surface area contributed by atoms with Gasteiger partial charge in [-0.15, -0.1) is 0 Å². The summed E-state index contributed by atoms with van der Waals surface area (Å²) >= 11 is 3.31. The van der Waals surface area contributed by atoms with Crippen molar-refractivity contribution in [3.63, 3.8) is 0 Å². The smallest absolute Gasteiger partial charge is 0.231 e. The van der Waals surface area contributed by atoms with Crippen molar-refractivity contribution < 1.29 is 23.4 Å². The van der Waals surface area contributed by atoms with Crippen molar-refractivity contribution in [3.8, 4) is 11.5 Å². The first-order chi connectivity index (χ1) is 9.56. The number of hydrogen-bond acceptors (Lipinski definition) is 3. The summed E-state index contributed by atoms with van der Waals surface area (Å²) in [6, 6.07) is 6.55. The molecule has 3 nitrogen and oxygen atoms in total. The van der Waals surface area contributed by atoms with E-state index >= 15 is 0 Å². The third kappa shape index (κ3) is 2.25. The van der Waals surface area contributed by atoms with Gasteiger partial charge in [0.2, 0.25) is 6.79 Å². The summed E-state index contributed by atoms with van der Waals surface area (Å²) in [6.45, 7) is 0.110. The fourth-order valence-corrected chi connectivity index (χ4v) is 2.59. The molecule has 1 unspecified atom stereocenters. The molecule has 0 spiro atoms. The lowest BCUT2D eigenvalue weighted by atomic mass is 10.0. The largest absolute Gasteiger partial charge is 0.454 e. The molecule has 3 rings (SSSR count). The Morgan fingerprint density at radius 1 is 1.05 bits per heavy atom. The molecule has 0 amide bonds. The minimum atomic E-state index is -1.09. The maximum absolute atomic E-state index is 13.2. The van der Waals surface area contributed by atoms with Crippen molar-refractivity contribution in [2.45, 2.75) is 6.10 Å². The lowest BCUT2D eigenvalue weighted by Crippen LogP contribution is -2.01. The molecule has 0 fully saturated rings. The number of aliphatic hydroxyl groups excluding tert-OH is 1. The summed E-state index contributed by atoms with van der Waals surface area (Å²) in [5.74, 6) is -0.892. The van der Waals surface area contributed by atoms with Gasteiger partial charge in [0.15, 0.2) is 23.1 Å². The summed E-state index contributed by atoms with van der Waals surface area (Å²) in [7, 11) is 0. The van der Waals surface area contributed by atoms with E-state index < -0.39 is 17.7 Å². The molecule has 20 heavy (non-hydrogen) atoms. The van der Waals surface area contributed by atoms with E-state index in [1.54, 1.807) is 12.1 Å². The molecular formula is C14H9BrF2O3. The molecule has 2 aromatic rings. The van der Waals surface area contributed by atoms with E-state index in [0.29, 0.717) is 21.5 Å². The SMILES string of the molecule is OC(c1ccc(F)c(F)c1)c1cc(Br)c2c(c1)OCO2. The molecule has 6 heteroatoms. The lowest BCUT2D eigenvalue weighted by Gasteiger charge is -2.13. The van der Waals surface area contributed by atoms with Crippen molar-refractivity contribution >= 4 is 15.9 Å². The van der Waals surface area contributed by atoms with Gasteiger partial charge in [-0.2, -0.15) is 0 Å². The molecule has 1 atom stereocenters. The van der Waals surface area contributed by atoms with Crippen LogP contribution >= 0.6 is 15.9 Å². The summed E-state index contributed by atoms with van der Waals surface area (Å²) in [5.41, 5.74) is 0.752. The zero-order valence-corrected chi connectivity index (χ0v) is 11.7. The number of aliphatic hydroxyl groups is 1. The number of halogens is 3. The normalized spacial score (nSPS) is 14.4. The Labute approximate surface area is 121 Å². The number of ether oxygens (including phenoxy) is 2. The van der Waals surface area contributed by atoms with Crippen LogP contribution < -0.4 is 9.47 Å². The summed E-state index contributed by atoms with van der Waals surface area (Å²) in [5, 5.41) is 10.3. The molecule has 1 N–H and O–H groups in total. The second-order valence-corrected chi connectivity index (χ2v) is 5.17. The van der Waals surface area contributed by atoms with Gasteiger partial charge < -0.3 is 14.6 Å². The van der Waals surface area contributed by atoms with Crippen molar-refractivity contribution in [3.05, 3.63) is 57.6 Å². The first kappa shape index (κ1) is 13.3. The van der Waals surface area contributed by atoms with Crippen LogP contribution in [0, 0.1) is 11.6 Å². The van der Waals surface area contributed by atoms with Gasteiger partial charge in [-0.3, -0.25) is 0 Å². The van der Waals surface area contributed by atoms with E-state index in [2.05, 4.69) is 15.9 Å². The number of rotatable bonds is 2. The van der Waals surface area contributed by atoms with Crippen molar-refractivity contribution in [1.82, 2.24) is 0 Å². The van der Waals surface area contributed by atoms with Crippen LogP contribution in [-0.4, -0.2) is 11.9 Å². The van der Waals surface area contributed by atoms with E-state index in [-0.39, 0.29) is 12.4 Å². The Bertz CT molecular complexity index is 676. The van der Waals surface area contributed by atoms with E-state index in [0.717, 1.165) is 12.1 Å². The quantitative estimate of drug-likeness (QED) is 0.907. The first-order valence-electron chi connectivity index (χ1n) is 5.78. The molecular weight excluding hydrogens is 334 g/mol. The fourth-order valence-electron chi connectivity index (χ4n) is 2.02. The van der Waals surface area contributed by atoms with Gasteiger partial charge in [-0.25, -0.2) is 8.78 Å². The van der Waals surface area contributed by atoms with Crippen LogP contribution in [0.5, 0.6) is 11.5 Å². The second kappa shape index (κ2) is 5.03. The molecule has 1 aliphatic rings. The van der Waals surface area contributed by atoms with Crippen LogP contribution in [0.2, 0.25) is 0 Å². The predicted octanol–water partition coefficient (Wildman–Crippen LogP) is 3.54. The summed E-state index contributed by atoms with van der Waals surface area (Å²) in [6.07, 6.45) is -1.09. The molecule has 0 radical (unpaired) electrons. The molecule has 0 saturated carbocycles. The summed E-state index contributed by atoms with van der Waals surface area (Å²) in [4.78, 5) is 0. The molecule has 1 heterocycles. The molecule has 104 valence electrons. The first-order valence-corrected chi connectivity index (χ1v) is 6.57. The van der Waals surface area contributed by atoms with E-state index in [1.165, 1.54) is 6.07 Å². The number of benzene rings is 2. The van der Waals surface area contributed by atoms with Crippen LogP contribution in [0.3, 0.4) is 0 Å². The molecule has 2 aromatic carbocycles. The molecule has 1 aliphatic heterocycles. The Hall–Kier alpha value is -1.66. The van der Waals surface area contributed by atoms with Crippen LogP contribution in [-0.2, 0) is 0 Å². The van der Waals surface area contributed by atoms with E-state index in [9.17, 15) is 13.9 Å². The Morgan fingerprint density at radius 3 is 2.60 bits per heavy atom. The Kier molecular flexibility index (Phi) is 3.35. The monoisotopic (exact) mass is 342 g/mol. The van der Waals surface area contributed by atoms with Crippen LogP contribution in [0.15, 0.2) is 34.8 Å². The highest BCUT2D eigenvalue weighted by atomic mass is 79.9. The maximum atomic E-state index is 13.2. The maximum Gasteiger partial charge on any atom is 0.231 e. The standard InChI is InChI=1S/C14H9BrF2O3/c15-9-3-8(5-12-14(9)20-6-19-12)13(18)7-1-2-10(16)11(17)4-7/h1-5,13,18H,6H2. The van der Waals surface area contributed by atoms with Crippen LogP contribution in [0.4, 0.5) is 8.78 Å². The Balaban J connectivity index is 2.00. The van der Waals surface area contributed by atoms with Gasteiger partial charge in [0, 0.05) is 0 Å². The summed E-state index contributed by atoms with van der Waals surface area (Å²) < 4.78 is 37.2. The van der Waals surface area contributed by atoms with E-state index in [1.807, 2.05) is 0 Å². The highest BCUT2D eigenvalue weighted by Crippen LogP contribution is 2.42. The van der Waals surface area contributed by atoms with Crippen molar-refractivity contribution in [2.24, 2.45) is 0 Å². The van der Waals surface area contributed by atoms with Crippen molar-refractivity contribution in [1.29, 1.82) is 0 Å². The minimum Gasteiger partial charge on any atom is -0.454 e. The molecule has 0 saturated heterocycles. The topological polar surface area (TPSA) is 38.7 Å². The third-order valence-corrected chi connectivity index (χ3v) is 3.61. The average Bonchev–Trinajstić information content (AvgIpc) is 2.90. The van der Waals surface area contributed by atoms with Gasteiger partial charge in [-0.05, 0) is 51.3 Å². The number of fused-ring (bicyclic) bond motifs is 1. The van der Waals surface area contributed by atoms with Gasteiger partial charge in [0.25, 0.3) is 0 Å². The zero-order chi connectivity index (χ0) is 14.3. The predicted molar refractivity (Wildman–Crippen MR) is 70.7 cm³/mol. The Morgan fingerprint density at radius 2 is 1.85 bits per heavy atom. The average molecular weight is 343 g/mol. The highest BCUT2D eigenvalue weighted by Gasteiger charge is 2.21. The van der Waals surface area contributed by atoms with Crippen molar-refractivity contribution in [2.75, 3.05) is 6.79 Å². The zero-order valence-electron chi connectivity index (χ0n) is 10.1. The van der Waals surface area contributed by atoms with Gasteiger partial charge in [-0.1, -0.05) is 6.07 Å². The third-order valence-electron chi connectivity index (χ3n) is 3.02. The fraction of sp³-hybridized carbons (Fsp3) is 0.143. The van der Waals surface area contributed by atoms with Crippen LogP contribution in [0.1, 0.15) is 17.2 Å². The molecule has 0 aromatic heterocycles. The van der Waals surface area contributed by atoms with Gasteiger partial charge in [0.05, 0.1) is 4.47 Å². The second-order valence-electron chi connectivity index (χ2n) is 4.31. The highest BCUT2D eigenvalue weighted by molar-refractivity contribution is 9.10. The minimum absolute atomic E-state index is 0.110. The molecule has 0 bridgehead atoms. The lowest BCUT2D eigenvalue weighted by molar-refractivity contribution is 0.173. The van der Waals surface area contributed by atoms with Gasteiger partial charge >= 0.3 is 0 Å². The molecule has 0 aliphatic carbocycles. The van der Waals surface area contributed by atoms with E-state index in [4.69, 9.17) is 9.47 Å². The number of hydrogen-bond donors (Lipinski definition) is 1.